The summed E-state index contributed by atoms with van der Waals surface area (Å²) in [6.45, 7) is 4.75. The Hall–Kier alpha value is -0.420. The Morgan fingerprint density at radius 3 is 1.59 bits per heavy atom. The van der Waals surface area contributed by atoms with Gasteiger partial charge in [-0.15, -0.1) is 0 Å². The third-order valence-electron chi connectivity index (χ3n) is 5.66. The fraction of sp³-hybridized carbons (Fsp3) is 0.960. The molecule has 9 heteroatoms. The Morgan fingerprint density at radius 1 is 0.824 bits per heavy atom. The molecule has 5 N–H and O–H groups in total. The quantitative estimate of drug-likeness (QED) is 0.0988. The predicted molar refractivity (Wildman–Crippen MR) is 142 cm³/mol. The maximum atomic E-state index is 11.1. The molecule has 0 amide bonds. The van der Waals surface area contributed by atoms with Gasteiger partial charge in [-0.1, -0.05) is 88.7 Å². The van der Waals surface area contributed by atoms with Crippen LogP contribution in [0.2, 0.25) is 0 Å². The van der Waals surface area contributed by atoms with E-state index in [0.717, 1.165) is 19.4 Å². The molecule has 206 valence electrons. The minimum atomic E-state index is -0.924. The van der Waals surface area contributed by atoms with E-state index in [4.69, 9.17) is 20.4 Å². The molecule has 0 aromatic carbocycles. The smallest absolute Gasteiger partial charge is 0.320 e. The van der Waals surface area contributed by atoms with Crippen molar-refractivity contribution in [2.45, 2.75) is 96.4 Å². The molecule has 0 aliphatic heterocycles. The van der Waals surface area contributed by atoms with Gasteiger partial charge in [0.25, 0.3) is 0 Å². The van der Waals surface area contributed by atoms with E-state index in [-0.39, 0.29) is 19.8 Å². The summed E-state index contributed by atoms with van der Waals surface area (Å²) in [5.41, 5.74) is 0. The fourth-order valence-electron chi connectivity index (χ4n) is 3.60. The molecule has 0 aliphatic carbocycles. The number of unbranched alkanes of at least 4 members (excludes halogenated alkanes) is 11. The molecule has 0 spiro atoms. The lowest BCUT2D eigenvalue weighted by atomic mass is 10.1. The van der Waals surface area contributed by atoms with E-state index in [9.17, 15) is 9.35 Å². The highest BCUT2D eigenvalue weighted by atomic mass is 32.2. The van der Waals surface area contributed by atoms with E-state index >= 15 is 0 Å². The number of carboxylic acids is 1. The van der Waals surface area contributed by atoms with Gasteiger partial charge in [0, 0.05) is 26.1 Å². The van der Waals surface area contributed by atoms with Gasteiger partial charge < -0.3 is 30.3 Å². The Morgan fingerprint density at radius 2 is 1.24 bits per heavy atom. The summed E-state index contributed by atoms with van der Waals surface area (Å²) in [5, 5.41) is 37.6. The van der Waals surface area contributed by atoms with Crippen LogP contribution in [0.4, 0.5) is 0 Å². The fourth-order valence-corrected chi connectivity index (χ4v) is 4.17. The van der Waals surface area contributed by atoms with E-state index in [1.165, 1.54) is 64.2 Å². The number of hydrogen-bond donors (Lipinski definition) is 5. The van der Waals surface area contributed by atoms with Gasteiger partial charge in [0.05, 0.1) is 26.1 Å². The molecule has 8 nitrogen and oxygen atoms in total. The topological polar surface area (TPSA) is 136 Å². The SMILES string of the molecule is CCCCCCCCCCCCCCN[C@@H](CC[S+](C)[O-])C(=O)O.OCCN(CCO)CCO. The lowest BCUT2D eigenvalue weighted by Gasteiger charge is -2.17. The van der Waals surface area contributed by atoms with Gasteiger partial charge in [-0.2, -0.15) is 0 Å². The highest BCUT2D eigenvalue weighted by Crippen LogP contribution is 2.11. The first-order valence-electron chi connectivity index (χ1n) is 13.2. The van der Waals surface area contributed by atoms with E-state index < -0.39 is 23.2 Å². The molecule has 0 aliphatic rings. The Balaban J connectivity index is 0. The van der Waals surface area contributed by atoms with Crippen LogP contribution in [0.25, 0.3) is 0 Å². The van der Waals surface area contributed by atoms with Crippen molar-refractivity contribution in [1.82, 2.24) is 10.2 Å². The van der Waals surface area contributed by atoms with Crippen molar-refractivity contribution in [1.29, 1.82) is 0 Å². The maximum absolute atomic E-state index is 11.1. The number of nitrogens with zero attached hydrogens (tertiary/aromatic N) is 1. The zero-order valence-electron chi connectivity index (χ0n) is 21.9. The maximum Gasteiger partial charge on any atom is 0.320 e. The molecular formula is C25H54N2O6S. The molecule has 2 atom stereocenters. The van der Waals surface area contributed by atoms with Gasteiger partial charge in [0.1, 0.15) is 11.8 Å². The highest BCUT2D eigenvalue weighted by Gasteiger charge is 2.17. The van der Waals surface area contributed by atoms with E-state index in [0.29, 0.717) is 31.8 Å². The van der Waals surface area contributed by atoms with E-state index in [2.05, 4.69) is 12.2 Å². The van der Waals surface area contributed by atoms with Crippen LogP contribution in [0.1, 0.15) is 90.4 Å². The summed E-state index contributed by atoms with van der Waals surface area (Å²) in [6.07, 6.45) is 17.7. The molecule has 1 unspecified atom stereocenters. The summed E-state index contributed by atoms with van der Waals surface area (Å²) in [7, 11) is 0. The summed E-state index contributed by atoms with van der Waals surface area (Å²) in [6, 6.07) is -0.554. The monoisotopic (exact) mass is 510 g/mol. The van der Waals surface area contributed by atoms with Gasteiger partial charge in [0.15, 0.2) is 0 Å². The van der Waals surface area contributed by atoms with E-state index in [1.54, 1.807) is 11.2 Å². The summed E-state index contributed by atoms with van der Waals surface area (Å²) in [4.78, 5) is 12.9. The number of carboxylic acid groups (broad SMARTS) is 1. The van der Waals surface area contributed by atoms with Crippen LogP contribution in [0.3, 0.4) is 0 Å². The Labute approximate surface area is 211 Å². The van der Waals surface area contributed by atoms with Gasteiger partial charge in [-0.05, 0) is 13.0 Å². The Bertz CT molecular complexity index is 405. The van der Waals surface area contributed by atoms with Crippen molar-refractivity contribution in [3.63, 3.8) is 0 Å². The number of rotatable bonds is 24. The third kappa shape index (κ3) is 27.8. The average molecular weight is 511 g/mol. The molecule has 0 radical (unpaired) electrons. The van der Waals surface area contributed by atoms with Crippen molar-refractivity contribution < 1.29 is 29.8 Å². The zero-order valence-corrected chi connectivity index (χ0v) is 22.7. The number of carbonyl (C=O) groups is 1. The number of aliphatic carboxylic acids is 1. The van der Waals surface area contributed by atoms with Crippen molar-refractivity contribution >= 4 is 17.1 Å². The second-order valence-corrected chi connectivity index (χ2v) is 10.4. The molecule has 0 aromatic heterocycles. The summed E-state index contributed by atoms with van der Waals surface area (Å²) >= 11 is -0.924. The number of aliphatic hydroxyl groups is 3. The lowest BCUT2D eigenvalue weighted by Crippen LogP contribution is -2.38. The van der Waals surface area contributed by atoms with Crippen molar-refractivity contribution in [2.75, 3.05) is 58.0 Å². The zero-order chi connectivity index (χ0) is 25.9. The van der Waals surface area contributed by atoms with Gasteiger partial charge in [-0.3, -0.25) is 9.69 Å². The summed E-state index contributed by atoms with van der Waals surface area (Å²) in [5.74, 6) is -0.387. The molecule has 0 fully saturated rings. The highest BCUT2D eigenvalue weighted by molar-refractivity contribution is 7.90. The van der Waals surface area contributed by atoms with Crippen molar-refractivity contribution in [2.24, 2.45) is 0 Å². The molecule has 0 aromatic rings. The third-order valence-corrected chi connectivity index (χ3v) is 6.47. The molecule has 0 rings (SSSR count). The molecule has 0 bridgehead atoms. The van der Waals surface area contributed by atoms with Crippen molar-refractivity contribution in [3.05, 3.63) is 0 Å². The first-order chi connectivity index (χ1) is 16.4. The minimum Gasteiger partial charge on any atom is -0.617 e. The predicted octanol–water partition coefficient (Wildman–Crippen LogP) is 2.76. The van der Waals surface area contributed by atoms with E-state index in [1.807, 2.05) is 0 Å². The largest absolute Gasteiger partial charge is 0.617 e. The normalized spacial score (nSPS) is 12.9. The molecule has 34 heavy (non-hydrogen) atoms. The van der Waals surface area contributed by atoms with Crippen LogP contribution in [0.15, 0.2) is 0 Å². The molecule has 0 heterocycles. The number of hydrogen-bond acceptors (Lipinski definition) is 7. The number of aliphatic hydroxyl groups excluding tert-OH is 3. The second-order valence-electron chi connectivity index (χ2n) is 8.81. The van der Waals surface area contributed by atoms with Gasteiger partial charge >= 0.3 is 5.97 Å². The number of nitrogens with one attached hydrogen (secondary N) is 1. The second kappa shape index (κ2) is 28.8. The van der Waals surface area contributed by atoms with Crippen LogP contribution in [0.5, 0.6) is 0 Å². The molecule has 0 saturated carbocycles. The van der Waals surface area contributed by atoms with Crippen LogP contribution in [-0.2, 0) is 16.0 Å². The van der Waals surface area contributed by atoms with Crippen molar-refractivity contribution in [3.8, 4) is 0 Å². The van der Waals surface area contributed by atoms with Crippen LogP contribution >= 0.6 is 0 Å². The molecular weight excluding hydrogens is 456 g/mol. The first-order valence-corrected chi connectivity index (χ1v) is 15.0. The average Bonchev–Trinajstić information content (AvgIpc) is 2.79. The minimum absolute atomic E-state index is 0.0694. The van der Waals surface area contributed by atoms with Crippen LogP contribution in [0, 0.1) is 0 Å². The standard InChI is InChI=1S/C19H39NO3S.C6H15NO3/c1-3-4-5-6-7-8-9-10-11-12-13-14-16-20-18(19(21)22)15-17-24(2)23;8-4-1-7(2-5-9)3-6-10/h18,20H,3-17H2,1-2H3,(H,21,22);8-10H,1-6H2/t18-,24?;/m0./s1. The Kier molecular flexibility index (Phi) is 30.3. The molecule has 0 saturated heterocycles. The van der Waals surface area contributed by atoms with Crippen LogP contribution in [-0.4, -0.2) is 99.9 Å². The van der Waals surface area contributed by atoms with Gasteiger partial charge in [-0.25, -0.2) is 0 Å². The first kappa shape index (κ1) is 35.7. The lowest BCUT2D eigenvalue weighted by molar-refractivity contribution is -0.139. The summed E-state index contributed by atoms with van der Waals surface area (Å²) < 4.78 is 11.1. The van der Waals surface area contributed by atoms with Crippen LogP contribution < -0.4 is 5.32 Å². The van der Waals surface area contributed by atoms with Gasteiger partial charge in [0.2, 0.25) is 0 Å².